The van der Waals surface area contributed by atoms with Crippen LogP contribution in [0, 0.1) is 5.82 Å². The van der Waals surface area contributed by atoms with Crippen LogP contribution in [0.5, 0.6) is 0 Å². The van der Waals surface area contributed by atoms with Crippen molar-refractivity contribution in [3.05, 3.63) is 47.8 Å². The molecule has 0 spiro atoms. The number of morpholine rings is 1. The van der Waals surface area contributed by atoms with E-state index in [-0.39, 0.29) is 5.82 Å². The highest BCUT2D eigenvalue weighted by atomic mass is 19.1. The van der Waals surface area contributed by atoms with Crippen molar-refractivity contribution in [2.75, 3.05) is 42.3 Å². The Morgan fingerprint density at radius 1 is 1.14 bits per heavy atom. The summed E-state index contributed by atoms with van der Waals surface area (Å²) in [7, 11) is 0. The summed E-state index contributed by atoms with van der Waals surface area (Å²) in [4.78, 5) is 6.72. The Kier molecular flexibility index (Phi) is 4.39. The number of anilines is 3. The standard InChI is InChI=1S/C16H19FN4O/c17-13-3-1-12(2-4-13)11-19-15-6-5-14(18)16(20-15)21-7-9-22-10-8-21/h1-6H,7-11,18H2,(H,19,20). The Bertz CT molecular complexity index is 627. The van der Waals surface area contributed by atoms with E-state index < -0.39 is 0 Å². The summed E-state index contributed by atoms with van der Waals surface area (Å²) >= 11 is 0. The number of ether oxygens (including phenoxy) is 1. The molecule has 2 heterocycles. The Labute approximate surface area is 128 Å². The minimum atomic E-state index is -0.232. The molecule has 0 amide bonds. The lowest BCUT2D eigenvalue weighted by atomic mass is 10.2. The van der Waals surface area contributed by atoms with Crippen molar-refractivity contribution in [3.63, 3.8) is 0 Å². The maximum absolute atomic E-state index is 12.9. The number of benzene rings is 1. The van der Waals surface area contributed by atoms with Crippen LogP contribution in [0.1, 0.15) is 5.56 Å². The molecule has 116 valence electrons. The molecular weight excluding hydrogens is 283 g/mol. The first-order valence-corrected chi connectivity index (χ1v) is 7.30. The average Bonchev–Trinajstić information content (AvgIpc) is 2.56. The molecule has 1 aliphatic rings. The Morgan fingerprint density at radius 3 is 2.59 bits per heavy atom. The van der Waals surface area contributed by atoms with E-state index in [0.29, 0.717) is 25.4 Å². The molecule has 0 radical (unpaired) electrons. The highest BCUT2D eigenvalue weighted by Gasteiger charge is 2.15. The van der Waals surface area contributed by atoms with Gasteiger partial charge in [-0.15, -0.1) is 0 Å². The van der Waals surface area contributed by atoms with E-state index in [9.17, 15) is 4.39 Å². The summed E-state index contributed by atoms with van der Waals surface area (Å²) in [5, 5.41) is 3.24. The van der Waals surface area contributed by atoms with Gasteiger partial charge in [0.05, 0.1) is 18.9 Å². The van der Waals surface area contributed by atoms with Crippen molar-refractivity contribution >= 4 is 17.3 Å². The topological polar surface area (TPSA) is 63.4 Å². The third kappa shape index (κ3) is 3.46. The molecular formula is C16H19FN4O. The van der Waals surface area contributed by atoms with Crippen molar-refractivity contribution in [3.8, 4) is 0 Å². The number of nitrogens with zero attached hydrogens (tertiary/aromatic N) is 2. The van der Waals surface area contributed by atoms with Gasteiger partial charge >= 0.3 is 0 Å². The van der Waals surface area contributed by atoms with Crippen LogP contribution in [0.25, 0.3) is 0 Å². The molecule has 0 unspecified atom stereocenters. The molecule has 3 rings (SSSR count). The van der Waals surface area contributed by atoms with Crippen LogP contribution in [0.15, 0.2) is 36.4 Å². The minimum Gasteiger partial charge on any atom is -0.396 e. The molecule has 1 saturated heterocycles. The van der Waals surface area contributed by atoms with Crippen molar-refractivity contribution < 1.29 is 9.13 Å². The highest BCUT2D eigenvalue weighted by molar-refractivity contribution is 5.66. The van der Waals surface area contributed by atoms with E-state index in [0.717, 1.165) is 30.3 Å². The average molecular weight is 302 g/mol. The fourth-order valence-electron chi connectivity index (χ4n) is 2.38. The normalized spacial score (nSPS) is 14.9. The summed E-state index contributed by atoms with van der Waals surface area (Å²) in [6.07, 6.45) is 0. The minimum absolute atomic E-state index is 0.232. The molecule has 5 nitrogen and oxygen atoms in total. The molecule has 0 bridgehead atoms. The summed E-state index contributed by atoms with van der Waals surface area (Å²) in [6, 6.07) is 10.1. The molecule has 1 aromatic heterocycles. The molecule has 1 aliphatic heterocycles. The second kappa shape index (κ2) is 6.62. The smallest absolute Gasteiger partial charge is 0.154 e. The van der Waals surface area contributed by atoms with Gasteiger partial charge in [-0.05, 0) is 29.8 Å². The maximum Gasteiger partial charge on any atom is 0.154 e. The van der Waals surface area contributed by atoms with Crippen LogP contribution in [0.2, 0.25) is 0 Å². The van der Waals surface area contributed by atoms with Gasteiger partial charge in [0.25, 0.3) is 0 Å². The number of nitrogen functional groups attached to an aromatic ring is 1. The van der Waals surface area contributed by atoms with Gasteiger partial charge in [0.1, 0.15) is 11.6 Å². The fourth-order valence-corrected chi connectivity index (χ4v) is 2.38. The first-order valence-electron chi connectivity index (χ1n) is 7.30. The number of nitrogens with two attached hydrogens (primary N) is 1. The lowest BCUT2D eigenvalue weighted by Crippen LogP contribution is -2.37. The van der Waals surface area contributed by atoms with Crippen LogP contribution in [0.3, 0.4) is 0 Å². The fraction of sp³-hybridized carbons (Fsp3) is 0.312. The van der Waals surface area contributed by atoms with Crippen LogP contribution >= 0.6 is 0 Å². The predicted octanol–water partition coefficient (Wildman–Crippen LogP) is 2.25. The van der Waals surface area contributed by atoms with Gasteiger partial charge in [-0.2, -0.15) is 0 Å². The van der Waals surface area contributed by atoms with Gasteiger partial charge in [-0.25, -0.2) is 9.37 Å². The summed E-state index contributed by atoms with van der Waals surface area (Å²) in [5.74, 6) is 1.30. The maximum atomic E-state index is 12.9. The lowest BCUT2D eigenvalue weighted by molar-refractivity contribution is 0.122. The van der Waals surface area contributed by atoms with Crippen LogP contribution < -0.4 is 16.0 Å². The number of pyridine rings is 1. The Morgan fingerprint density at radius 2 is 1.86 bits per heavy atom. The van der Waals surface area contributed by atoms with Crippen molar-refractivity contribution in [1.29, 1.82) is 0 Å². The van der Waals surface area contributed by atoms with Gasteiger partial charge in [0.15, 0.2) is 5.82 Å². The Hall–Kier alpha value is -2.34. The molecule has 3 N–H and O–H groups in total. The summed E-state index contributed by atoms with van der Waals surface area (Å²) in [6.45, 7) is 3.54. The van der Waals surface area contributed by atoms with E-state index in [1.54, 1.807) is 12.1 Å². The zero-order valence-electron chi connectivity index (χ0n) is 12.3. The van der Waals surface area contributed by atoms with E-state index in [1.807, 2.05) is 12.1 Å². The van der Waals surface area contributed by atoms with E-state index in [4.69, 9.17) is 10.5 Å². The number of nitrogens with one attached hydrogen (secondary N) is 1. The molecule has 0 saturated carbocycles. The molecule has 6 heteroatoms. The Balaban J connectivity index is 1.70. The summed E-state index contributed by atoms with van der Waals surface area (Å²) in [5.41, 5.74) is 7.68. The van der Waals surface area contributed by atoms with Gasteiger partial charge in [0, 0.05) is 19.6 Å². The third-order valence-electron chi connectivity index (χ3n) is 3.60. The van der Waals surface area contributed by atoms with Gasteiger partial charge in [-0.1, -0.05) is 12.1 Å². The SMILES string of the molecule is Nc1ccc(NCc2ccc(F)cc2)nc1N1CCOCC1. The van der Waals surface area contributed by atoms with Crippen molar-refractivity contribution in [2.45, 2.75) is 6.54 Å². The molecule has 22 heavy (non-hydrogen) atoms. The zero-order chi connectivity index (χ0) is 15.4. The zero-order valence-corrected chi connectivity index (χ0v) is 12.3. The molecule has 0 atom stereocenters. The van der Waals surface area contributed by atoms with Gasteiger partial charge in [-0.3, -0.25) is 0 Å². The quantitative estimate of drug-likeness (QED) is 0.907. The number of hydrogen-bond donors (Lipinski definition) is 2. The molecule has 2 aromatic rings. The van der Waals surface area contributed by atoms with E-state index >= 15 is 0 Å². The van der Waals surface area contributed by atoms with Crippen molar-refractivity contribution in [2.24, 2.45) is 0 Å². The molecule has 1 fully saturated rings. The van der Waals surface area contributed by atoms with Crippen molar-refractivity contribution in [1.82, 2.24) is 4.98 Å². The van der Waals surface area contributed by atoms with E-state index in [1.165, 1.54) is 12.1 Å². The second-order valence-corrected chi connectivity index (χ2v) is 5.19. The third-order valence-corrected chi connectivity index (χ3v) is 3.60. The second-order valence-electron chi connectivity index (χ2n) is 5.19. The number of rotatable bonds is 4. The van der Waals surface area contributed by atoms with E-state index in [2.05, 4.69) is 15.2 Å². The first-order chi connectivity index (χ1) is 10.7. The van der Waals surface area contributed by atoms with Gasteiger partial charge < -0.3 is 20.7 Å². The predicted molar refractivity (Wildman–Crippen MR) is 85.4 cm³/mol. The first kappa shape index (κ1) is 14.6. The highest BCUT2D eigenvalue weighted by Crippen LogP contribution is 2.23. The van der Waals surface area contributed by atoms with Crippen LogP contribution in [-0.4, -0.2) is 31.3 Å². The van der Waals surface area contributed by atoms with Gasteiger partial charge in [0.2, 0.25) is 0 Å². The van der Waals surface area contributed by atoms with Crippen LogP contribution in [0.4, 0.5) is 21.7 Å². The lowest BCUT2D eigenvalue weighted by Gasteiger charge is -2.29. The number of aromatic nitrogens is 1. The largest absolute Gasteiger partial charge is 0.396 e. The molecule has 0 aliphatic carbocycles. The summed E-state index contributed by atoms with van der Waals surface area (Å²) < 4.78 is 18.2. The monoisotopic (exact) mass is 302 g/mol. The molecule has 1 aromatic carbocycles. The van der Waals surface area contributed by atoms with Crippen LogP contribution in [-0.2, 0) is 11.3 Å². The number of hydrogen-bond acceptors (Lipinski definition) is 5. The number of halogens is 1.